The standard InChI is InChI=1S/C15H9BrF3NO/c16-9-1-3-11(12(18)7-9)15(21)5-6-20-14-4-2-10(17)8-13(14)19/h1-8,20H/b6-5-. The average Bonchev–Trinajstić information content (AvgIpc) is 2.41. The van der Waals surface area contributed by atoms with Gasteiger partial charge in [-0.05, 0) is 30.3 Å². The molecule has 0 bridgehead atoms. The number of hydrogen-bond acceptors (Lipinski definition) is 2. The van der Waals surface area contributed by atoms with Crippen LogP contribution in [0.4, 0.5) is 18.9 Å². The normalized spacial score (nSPS) is 10.9. The first-order chi connectivity index (χ1) is 9.97. The van der Waals surface area contributed by atoms with Crippen molar-refractivity contribution in [2.75, 3.05) is 5.32 Å². The minimum absolute atomic E-state index is 0.0109. The van der Waals surface area contributed by atoms with Crippen LogP contribution in [0.5, 0.6) is 0 Å². The molecule has 0 fully saturated rings. The molecule has 21 heavy (non-hydrogen) atoms. The maximum absolute atomic E-state index is 13.6. The summed E-state index contributed by atoms with van der Waals surface area (Å²) >= 11 is 3.09. The molecule has 0 saturated heterocycles. The fourth-order valence-corrected chi connectivity index (χ4v) is 1.93. The van der Waals surface area contributed by atoms with Gasteiger partial charge in [0.1, 0.15) is 17.5 Å². The molecular formula is C15H9BrF3NO. The highest BCUT2D eigenvalue weighted by Gasteiger charge is 2.09. The quantitative estimate of drug-likeness (QED) is 0.637. The van der Waals surface area contributed by atoms with Crippen LogP contribution in [0.15, 0.2) is 53.1 Å². The lowest BCUT2D eigenvalue weighted by Crippen LogP contribution is -2.00. The van der Waals surface area contributed by atoms with Crippen LogP contribution in [-0.2, 0) is 0 Å². The van der Waals surface area contributed by atoms with E-state index in [1.165, 1.54) is 30.5 Å². The summed E-state index contributed by atoms with van der Waals surface area (Å²) in [5, 5.41) is 2.50. The van der Waals surface area contributed by atoms with Crippen LogP contribution >= 0.6 is 15.9 Å². The summed E-state index contributed by atoms with van der Waals surface area (Å²) < 4.78 is 40.1. The zero-order valence-corrected chi connectivity index (χ0v) is 12.1. The molecule has 1 N–H and O–H groups in total. The van der Waals surface area contributed by atoms with Crippen LogP contribution in [0.1, 0.15) is 10.4 Å². The van der Waals surface area contributed by atoms with E-state index in [0.717, 1.165) is 12.1 Å². The van der Waals surface area contributed by atoms with Gasteiger partial charge in [-0.15, -0.1) is 0 Å². The van der Waals surface area contributed by atoms with Crippen molar-refractivity contribution in [3.63, 3.8) is 0 Å². The number of anilines is 1. The largest absolute Gasteiger partial charge is 0.359 e. The van der Waals surface area contributed by atoms with E-state index in [4.69, 9.17) is 0 Å². The Morgan fingerprint density at radius 3 is 2.48 bits per heavy atom. The van der Waals surface area contributed by atoms with E-state index in [9.17, 15) is 18.0 Å². The van der Waals surface area contributed by atoms with Crippen molar-refractivity contribution in [3.05, 3.63) is 76.2 Å². The number of benzene rings is 2. The van der Waals surface area contributed by atoms with E-state index in [-0.39, 0.29) is 11.3 Å². The van der Waals surface area contributed by atoms with Gasteiger partial charge in [0, 0.05) is 22.8 Å². The minimum Gasteiger partial charge on any atom is -0.359 e. The topological polar surface area (TPSA) is 29.1 Å². The highest BCUT2D eigenvalue weighted by Crippen LogP contribution is 2.17. The monoisotopic (exact) mass is 355 g/mol. The summed E-state index contributed by atoms with van der Waals surface area (Å²) in [5.41, 5.74) is -0.0902. The Morgan fingerprint density at radius 2 is 1.81 bits per heavy atom. The van der Waals surface area contributed by atoms with Crippen molar-refractivity contribution in [1.29, 1.82) is 0 Å². The highest BCUT2D eigenvalue weighted by atomic mass is 79.9. The molecule has 0 atom stereocenters. The number of carbonyl (C=O) groups is 1. The number of hydrogen-bond donors (Lipinski definition) is 1. The Hall–Kier alpha value is -2.08. The van der Waals surface area contributed by atoms with Crippen molar-refractivity contribution in [2.24, 2.45) is 0 Å². The third-order valence-corrected chi connectivity index (χ3v) is 3.09. The van der Waals surface area contributed by atoms with Gasteiger partial charge in [-0.1, -0.05) is 15.9 Å². The van der Waals surface area contributed by atoms with Crippen LogP contribution < -0.4 is 5.32 Å². The summed E-state index contributed by atoms with van der Waals surface area (Å²) in [7, 11) is 0. The van der Waals surface area contributed by atoms with Gasteiger partial charge >= 0.3 is 0 Å². The van der Waals surface area contributed by atoms with Gasteiger partial charge in [0.2, 0.25) is 0 Å². The molecule has 108 valence electrons. The molecular weight excluding hydrogens is 347 g/mol. The van der Waals surface area contributed by atoms with Gasteiger partial charge in [0.15, 0.2) is 5.78 Å². The van der Waals surface area contributed by atoms with Crippen molar-refractivity contribution in [1.82, 2.24) is 0 Å². The van der Waals surface area contributed by atoms with Crippen molar-refractivity contribution in [2.45, 2.75) is 0 Å². The first kappa shape index (κ1) is 15.3. The minimum atomic E-state index is -0.790. The highest BCUT2D eigenvalue weighted by molar-refractivity contribution is 9.10. The number of nitrogens with one attached hydrogen (secondary N) is 1. The molecule has 0 radical (unpaired) electrons. The lowest BCUT2D eigenvalue weighted by molar-refractivity contribution is 0.104. The number of ketones is 1. The van der Waals surface area contributed by atoms with Gasteiger partial charge in [-0.25, -0.2) is 13.2 Å². The predicted molar refractivity (Wildman–Crippen MR) is 77.6 cm³/mol. The van der Waals surface area contributed by atoms with Gasteiger partial charge in [0.05, 0.1) is 11.3 Å². The lowest BCUT2D eigenvalue weighted by atomic mass is 10.1. The summed E-state index contributed by atoms with van der Waals surface area (Å²) in [6, 6.07) is 7.04. The molecule has 0 saturated carbocycles. The first-order valence-electron chi connectivity index (χ1n) is 5.85. The number of halogens is 4. The van der Waals surface area contributed by atoms with Gasteiger partial charge in [-0.2, -0.15) is 0 Å². The molecule has 2 aromatic carbocycles. The van der Waals surface area contributed by atoms with Crippen molar-refractivity contribution >= 4 is 27.4 Å². The zero-order valence-electron chi connectivity index (χ0n) is 10.5. The maximum Gasteiger partial charge on any atom is 0.190 e. The van der Waals surface area contributed by atoms with Crippen LogP contribution in [0.2, 0.25) is 0 Å². The first-order valence-corrected chi connectivity index (χ1v) is 6.64. The molecule has 2 nitrogen and oxygen atoms in total. The van der Waals surface area contributed by atoms with Crippen LogP contribution in [0.3, 0.4) is 0 Å². The van der Waals surface area contributed by atoms with E-state index in [1.54, 1.807) is 0 Å². The molecule has 6 heteroatoms. The number of rotatable bonds is 4. The molecule has 0 amide bonds. The third-order valence-electron chi connectivity index (χ3n) is 2.60. The molecule has 0 aliphatic carbocycles. The molecule has 0 aliphatic heterocycles. The van der Waals surface area contributed by atoms with Crippen LogP contribution in [-0.4, -0.2) is 5.78 Å². The second kappa shape index (κ2) is 6.58. The summed E-state index contributed by atoms with van der Waals surface area (Å²) in [4.78, 5) is 11.8. The molecule has 2 rings (SSSR count). The Kier molecular flexibility index (Phi) is 4.80. The second-order valence-corrected chi connectivity index (χ2v) is 5.01. The molecule has 0 aliphatic rings. The Morgan fingerprint density at radius 1 is 1.05 bits per heavy atom. The van der Waals surface area contributed by atoms with E-state index in [2.05, 4.69) is 21.2 Å². The summed E-state index contributed by atoms with van der Waals surface area (Å²) in [5.74, 6) is -2.72. The van der Waals surface area contributed by atoms with E-state index < -0.39 is 23.2 Å². The van der Waals surface area contributed by atoms with E-state index in [0.29, 0.717) is 10.5 Å². The third kappa shape index (κ3) is 3.95. The number of carbonyl (C=O) groups excluding carboxylic acids is 1. The van der Waals surface area contributed by atoms with Crippen molar-refractivity contribution < 1.29 is 18.0 Å². The van der Waals surface area contributed by atoms with Crippen LogP contribution in [0.25, 0.3) is 0 Å². The fourth-order valence-electron chi connectivity index (χ4n) is 1.59. The molecule has 0 unspecified atom stereocenters. The summed E-state index contributed by atoms with van der Waals surface area (Å²) in [6.45, 7) is 0. The van der Waals surface area contributed by atoms with Gasteiger partial charge in [-0.3, -0.25) is 4.79 Å². The Balaban J connectivity index is 2.08. The van der Waals surface area contributed by atoms with Crippen LogP contribution in [0, 0.1) is 17.5 Å². The Labute approximate surface area is 127 Å². The molecule has 0 spiro atoms. The average molecular weight is 356 g/mol. The smallest absolute Gasteiger partial charge is 0.190 e. The van der Waals surface area contributed by atoms with E-state index >= 15 is 0 Å². The lowest BCUT2D eigenvalue weighted by Gasteiger charge is -2.02. The Bertz CT molecular complexity index is 716. The van der Waals surface area contributed by atoms with Crippen molar-refractivity contribution in [3.8, 4) is 0 Å². The van der Waals surface area contributed by atoms with Gasteiger partial charge < -0.3 is 5.32 Å². The maximum atomic E-state index is 13.6. The fraction of sp³-hybridized carbons (Fsp3) is 0. The molecule has 0 aromatic heterocycles. The number of allylic oxidation sites excluding steroid dienone is 1. The predicted octanol–water partition coefficient (Wildman–Crippen LogP) is 4.67. The second-order valence-electron chi connectivity index (χ2n) is 4.09. The van der Waals surface area contributed by atoms with Gasteiger partial charge in [0.25, 0.3) is 0 Å². The summed E-state index contributed by atoms with van der Waals surface area (Å²) in [6.07, 6.45) is 2.23. The molecule has 2 aromatic rings. The van der Waals surface area contributed by atoms with E-state index in [1.807, 2.05) is 0 Å². The molecule has 0 heterocycles. The zero-order chi connectivity index (χ0) is 15.4. The SMILES string of the molecule is O=C(/C=C\Nc1ccc(F)cc1F)c1ccc(Br)cc1F.